The smallest absolute Gasteiger partial charge is 0.0328 e. The van der Waals surface area contributed by atoms with Gasteiger partial charge in [-0.3, -0.25) is 0 Å². The predicted molar refractivity (Wildman–Crippen MR) is 468 cm³/mol. The largest absolute Gasteiger partial charge is 0.0696 e. The standard InChI is InChI=1S/C110H70/c1-5-25-73(26-6-1)80-35-19-39-84(57-80)93-63-94(85-40-20-36-81(58-85)74-27-7-2-8-28-74)66-97(65-93)88-43-23-45-90(61-88)99-69-100(91-46-24-44-89(62-91)98-67-95(86-41-21-37-82(59-86)75-29-9-3-10-30-75)64-96(68-98)87-42-22-38-83(60-87)76-31-11-4-12-32-76)71-101(70-99)109-105-50-18-17-49-104(105)108(106-56-55-78-34-14-16-48-103(78)110(106)109)92-54-53-79-52-51-77-33-13-15-47-102(77)107(79)72-92/h1-13,15-33,35-72H. The van der Waals surface area contributed by atoms with Crippen LogP contribution in [0.3, 0.4) is 0 Å². The maximum atomic E-state index is 3.56. The molecule has 0 unspecified atom stereocenters. The van der Waals surface area contributed by atoms with Crippen molar-refractivity contribution in [1.29, 1.82) is 0 Å². The van der Waals surface area contributed by atoms with Crippen LogP contribution in [-0.2, 0) is 0 Å². The lowest BCUT2D eigenvalue weighted by atomic mass is 9.82. The van der Waals surface area contributed by atoms with Crippen molar-refractivity contribution in [3.05, 3.63) is 437 Å². The number of hydrogen-bond donors (Lipinski definition) is 0. The highest BCUT2D eigenvalue weighted by atomic mass is 14.3. The zero-order valence-electron chi connectivity index (χ0n) is 60.4. The summed E-state index contributed by atoms with van der Waals surface area (Å²) in [7, 11) is 0. The van der Waals surface area contributed by atoms with Crippen LogP contribution in [0, 0.1) is 12.1 Å². The molecule has 0 N–H and O–H groups in total. The monoisotopic (exact) mass is 1390 g/mol. The van der Waals surface area contributed by atoms with Crippen LogP contribution >= 0.6 is 0 Å². The van der Waals surface area contributed by atoms with Gasteiger partial charge in [-0.25, -0.2) is 0 Å². The van der Waals surface area contributed by atoms with Gasteiger partial charge in [0.05, 0.1) is 0 Å². The maximum absolute atomic E-state index is 3.56. The van der Waals surface area contributed by atoms with E-state index < -0.39 is 0 Å². The van der Waals surface area contributed by atoms with Crippen LogP contribution in [0.15, 0.2) is 425 Å². The summed E-state index contributed by atoms with van der Waals surface area (Å²) < 4.78 is 0. The fraction of sp³-hybridized carbons (Fsp3) is 0. The Bertz CT molecular complexity index is 6450. The van der Waals surface area contributed by atoms with Crippen LogP contribution in [0.2, 0.25) is 0 Å². The molecule has 0 saturated carbocycles. The first-order chi connectivity index (χ1) is 54.5. The van der Waals surface area contributed by atoms with E-state index in [1.165, 1.54) is 104 Å². The van der Waals surface area contributed by atoms with Gasteiger partial charge in [0.1, 0.15) is 0 Å². The van der Waals surface area contributed by atoms with E-state index >= 15 is 0 Å². The molecule has 0 amide bonds. The molecular weight excluding hydrogens is 1320 g/mol. The highest BCUT2D eigenvalue weighted by molar-refractivity contribution is 6.28. The van der Waals surface area contributed by atoms with Crippen LogP contribution in [0.25, 0.3) is 210 Å². The van der Waals surface area contributed by atoms with Crippen LogP contribution < -0.4 is 0 Å². The van der Waals surface area contributed by atoms with Gasteiger partial charge in [-0.1, -0.05) is 322 Å². The van der Waals surface area contributed by atoms with Gasteiger partial charge in [0.15, 0.2) is 0 Å². The summed E-state index contributed by atoms with van der Waals surface area (Å²) in [6.45, 7) is 0. The molecule has 0 heteroatoms. The molecular formula is C110H70. The van der Waals surface area contributed by atoms with Crippen molar-refractivity contribution >= 4 is 53.9 Å². The van der Waals surface area contributed by atoms with Crippen molar-refractivity contribution in [2.75, 3.05) is 0 Å². The Kier molecular flexibility index (Phi) is 16.6. The molecule has 510 valence electrons. The van der Waals surface area contributed by atoms with Crippen molar-refractivity contribution in [3.63, 3.8) is 0 Å². The molecule has 0 atom stereocenters. The summed E-state index contributed by atoms with van der Waals surface area (Å²) in [6, 6.07) is 164. The van der Waals surface area contributed by atoms with E-state index in [1.807, 2.05) is 6.07 Å². The van der Waals surface area contributed by atoms with Crippen LogP contribution in [0.1, 0.15) is 0 Å². The first kappa shape index (κ1) is 65.1. The fourth-order valence-corrected chi connectivity index (χ4v) is 16.7. The Morgan fingerprint density at radius 1 is 0.136 bits per heavy atom. The Morgan fingerprint density at radius 2 is 0.418 bits per heavy atom. The SMILES string of the molecule is c1ccc2c(c#1)ccc1c(-c3ccc4ccc5ccccc5c4c3)c3ccccc3c(-c3cc(-c4cccc(-c5cc(-c6cccc(-c7ccccc7)c6)cc(-c6cccc(-c7ccccc7)c6)c5)c4)cc(-c4cccc(-c5cc(-c6cccc(-c7ccccc7)c6)cc(-c6cccc(-c7ccccc7)c6)c5)c4)c3)c12. The molecule has 110 heavy (non-hydrogen) atoms. The second kappa shape index (κ2) is 28.1. The molecule has 0 heterocycles. The second-order valence-corrected chi connectivity index (χ2v) is 28.9. The summed E-state index contributed by atoms with van der Waals surface area (Å²) in [4.78, 5) is 0. The Balaban J connectivity index is 0.802. The minimum absolute atomic E-state index is 1.02. The molecule has 0 aliphatic heterocycles. The topological polar surface area (TPSA) is 0 Å². The summed E-state index contributed by atoms with van der Waals surface area (Å²) >= 11 is 0. The third-order valence-corrected chi connectivity index (χ3v) is 22.2. The lowest BCUT2D eigenvalue weighted by Gasteiger charge is -2.21. The van der Waals surface area contributed by atoms with Crippen molar-refractivity contribution < 1.29 is 0 Å². The van der Waals surface area contributed by atoms with E-state index in [-0.39, 0.29) is 0 Å². The third-order valence-electron chi connectivity index (χ3n) is 22.2. The minimum Gasteiger partial charge on any atom is -0.0696 e. The van der Waals surface area contributed by atoms with E-state index in [0.29, 0.717) is 0 Å². The minimum atomic E-state index is 1.02. The lowest BCUT2D eigenvalue weighted by Crippen LogP contribution is -1.94. The zero-order chi connectivity index (χ0) is 72.9. The molecule has 0 nitrogen and oxygen atoms in total. The number of hydrogen-bond acceptors (Lipinski definition) is 0. The average molecular weight is 1390 g/mol. The normalized spacial score (nSPS) is 11.4. The first-order valence-electron chi connectivity index (χ1n) is 37.9. The summed E-state index contributed by atoms with van der Waals surface area (Å²) in [6.07, 6.45) is 0. The van der Waals surface area contributed by atoms with Crippen LogP contribution in [0.4, 0.5) is 0 Å². The highest BCUT2D eigenvalue weighted by Crippen LogP contribution is 2.50. The molecule has 20 aromatic rings. The van der Waals surface area contributed by atoms with Crippen molar-refractivity contribution in [1.82, 2.24) is 0 Å². The molecule has 0 aliphatic carbocycles. The van der Waals surface area contributed by atoms with Crippen LogP contribution in [0.5, 0.6) is 0 Å². The maximum Gasteiger partial charge on any atom is 0.0328 e. The average Bonchev–Trinajstić information content (AvgIpc) is 0.716. The Hall–Kier alpha value is -14.5. The van der Waals surface area contributed by atoms with Gasteiger partial charge in [-0.15, -0.1) is 0 Å². The van der Waals surface area contributed by atoms with Gasteiger partial charge < -0.3 is 0 Å². The predicted octanol–water partition coefficient (Wildman–Crippen LogP) is 30.4. The molecule has 0 fully saturated rings. The molecule has 0 spiro atoms. The van der Waals surface area contributed by atoms with Crippen molar-refractivity contribution in [3.8, 4) is 156 Å². The summed E-state index contributed by atoms with van der Waals surface area (Å²) in [5, 5.41) is 11.8. The second-order valence-electron chi connectivity index (χ2n) is 28.9. The fourth-order valence-electron chi connectivity index (χ4n) is 16.7. The van der Waals surface area contributed by atoms with Gasteiger partial charge in [0, 0.05) is 5.39 Å². The van der Waals surface area contributed by atoms with Crippen molar-refractivity contribution in [2.45, 2.75) is 0 Å². The van der Waals surface area contributed by atoms with Gasteiger partial charge in [-0.2, -0.15) is 0 Å². The Morgan fingerprint density at radius 3 is 0.791 bits per heavy atom. The van der Waals surface area contributed by atoms with Gasteiger partial charge in [-0.05, 0) is 320 Å². The molecule has 0 aromatic heterocycles. The van der Waals surface area contributed by atoms with Crippen LogP contribution in [-0.4, -0.2) is 0 Å². The number of benzene rings is 19. The Labute approximate surface area is 642 Å². The van der Waals surface area contributed by atoms with Gasteiger partial charge in [0.2, 0.25) is 0 Å². The van der Waals surface area contributed by atoms with Gasteiger partial charge in [0.25, 0.3) is 0 Å². The quantitative estimate of drug-likeness (QED) is 0.0752. The summed E-state index contributed by atoms with van der Waals surface area (Å²) in [5.74, 6) is 0. The first-order valence-corrected chi connectivity index (χ1v) is 37.9. The highest BCUT2D eigenvalue weighted by Gasteiger charge is 2.23. The van der Waals surface area contributed by atoms with E-state index in [4.69, 9.17) is 0 Å². The van der Waals surface area contributed by atoms with E-state index in [9.17, 15) is 0 Å². The number of rotatable bonds is 14. The molecule has 0 aliphatic rings. The van der Waals surface area contributed by atoms with Crippen molar-refractivity contribution in [2.24, 2.45) is 0 Å². The van der Waals surface area contributed by atoms with E-state index in [0.717, 1.165) is 105 Å². The molecule has 0 radical (unpaired) electrons. The van der Waals surface area contributed by atoms with Gasteiger partial charge >= 0.3 is 0 Å². The summed E-state index contributed by atoms with van der Waals surface area (Å²) in [5.41, 5.74) is 32.3. The molecule has 20 rings (SSSR count). The lowest BCUT2D eigenvalue weighted by molar-refractivity contribution is 1.54. The third kappa shape index (κ3) is 12.5. The molecule has 20 aromatic carbocycles. The molecule has 0 saturated heterocycles. The van der Waals surface area contributed by atoms with E-state index in [2.05, 4.69) is 431 Å². The van der Waals surface area contributed by atoms with E-state index in [1.54, 1.807) is 0 Å². The molecule has 0 bridgehead atoms. The zero-order valence-corrected chi connectivity index (χ0v) is 60.4. The number of fused-ring (bicyclic) bond motifs is 7.